The normalized spacial score (nSPS) is 23.3. The van der Waals surface area contributed by atoms with Gasteiger partial charge in [0.2, 0.25) is 11.7 Å². The topological polar surface area (TPSA) is 75.9 Å². The maximum absolute atomic E-state index is 12.4. The third-order valence-corrected chi connectivity index (χ3v) is 4.83. The Morgan fingerprint density at radius 1 is 1.22 bits per heavy atom. The molecule has 0 unspecified atom stereocenters. The molecule has 2 aliphatic heterocycles. The number of carbonyl (C=O) groups is 1. The number of carbonyl (C=O) groups excluding carboxylic acids is 1. The van der Waals surface area contributed by atoms with Gasteiger partial charge in [-0.1, -0.05) is 11.6 Å². The molecule has 1 aromatic carbocycles. The summed E-state index contributed by atoms with van der Waals surface area (Å²) < 4.78 is 0. The summed E-state index contributed by atoms with van der Waals surface area (Å²) >= 11 is 5.87. The van der Waals surface area contributed by atoms with Crippen LogP contribution in [0.4, 0.5) is 0 Å². The minimum absolute atomic E-state index is 0.0551. The van der Waals surface area contributed by atoms with Crippen LogP contribution in [-0.4, -0.2) is 57.2 Å². The second-order valence-electron chi connectivity index (χ2n) is 6.13. The largest absolute Gasteiger partial charge is 0.340 e. The van der Waals surface area contributed by atoms with Gasteiger partial charge in [0.1, 0.15) is 6.54 Å². The molecule has 4 rings (SSSR count). The molecule has 3 heterocycles. The summed E-state index contributed by atoms with van der Waals surface area (Å²) in [5.74, 6) is 1.73. The second-order valence-corrected chi connectivity index (χ2v) is 6.56. The highest BCUT2D eigenvalue weighted by atomic mass is 35.5. The van der Waals surface area contributed by atoms with Crippen molar-refractivity contribution < 1.29 is 4.79 Å². The lowest BCUT2D eigenvalue weighted by atomic mass is 10.0. The standard InChI is InChI=1S/C15H17ClN6O/c16-13-3-1-10(2-4-13)15-18-20-22(19-15)9-14(23)21-7-11-5-17-6-12(11)8-21/h1-4,11-12,17H,5-9H2/t11-,12+. The fourth-order valence-electron chi connectivity index (χ4n) is 3.30. The van der Waals surface area contributed by atoms with Crippen molar-refractivity contribution in [3.8, 4) is 11.4 Å². The van der Waals surface area contributed by atoms with Crippen LogP contribution in [0.2, 0.25) is 5.02 Å². The highest BCUT2D eigenvalue weighted by Gasteiger charge is 2.38. The average Bonchev–Trinajstić information content (AvgIpc) is 3.22. The van der Waals surface area contributed by atoms with Gasteiger partial charge in [-0.05, 0) is 41.3 Å². The van der Waals surface area contributed by atoms with Crippen LogP contribution in [0.15, 0.2) is 24.3 Å². The third-order valence-electron chi connectivity index (χ3n) is 4.57. The summed E-state index contributed by atoms with van der Waals surface area (Å²) in [7, 11) is 0. The Morgan fingerprint density at radius 2 is 1.91 bits per heavy atom. The van der Waals surface area contributed by atoms with Crippen molar-refractivity contribution in [1.29, 1.82) is 0 Å². The minimum atomic E-state index is 0.0551. The predicted octanol–water partition coefficient (Wildman–Crippen LogP) is 0.671. The molecule has 1 N–H and O–H groups in total. The number of nitrogens with one attached hydrogen (secondary N) is 1. The van der Waals surface area contributed by atoms with Gasteiger partial charge in [-0.15, -0.1) is 10.2 Å². The zero-order chi connectivity index (χ0) is 15.8. The van der Waals surface area contributed by atoms with E-state index in [1.165, 1.54) is 4.80 Å². The average molecular weight is 333 g/mol. The van der Waals surface area contributed by atoms with Gasteiger partial charge in [0, 0.05) is 36.8 Å². The quantitative estimate of drug-likeness (QED) is 0.894. The molecular weight excluding hydrogens is 316 g/mol. The monoisotopic (exact) mass is 332 g/mol. The Balaban J connectivity index is 1.41. The number of halogens is 1. The summed E-state index contributed by atoms with van der Waals surface area (Å²) in [6.07, 6.45) is 0. The van der Waals surface area contributed by atoms with Crippen LogP contribution >= 0.6 is 11.6 Å². The van der Waals surface area contributed by atoms with Crippen molar-refractivity contribution in [2.75, 3.05) is 26.2 Å². The van der Waals surface area contributed by atoms with E-state index in [1.807, 2.05) is 17.0 Å². The van der Waals surface area contributed by atoms with Crippen molar-refractivity contribution in [1.82, 2.24) is 30.4 Å². The van der Waals surface area contributed by atoms with E-state index in [-0.39, 0.29) is 12.5 Å². The number of nitrogens with zero attached hydrogens (tertiary/aromatic N) is 5. The molecule has 1 amide bonds. The molecule has 0 bridgehead atoms. The lowest BCUT2D eigenvalue weighted by molar-refractivity contribution is -0.131. The zero-order valence-electron chi connectivity index (χ0n) is 12.5. The molecule has 2 aliphatic rings. The van der Waals surface area contributed by atoms with Gasteiger partial charge < -0.3 is 10.2 Å². The molecule has 7 nitrogen and oxygen atoms in total. The molecule has 0 radical (unpaired) electrons. The number of aromatic nitrogens is 4. The molecule has 2 atom stereocenters. The first-order chi connectivity index (χ1) is 11.2. The van der Waals surface area contributed by atoms with Gasteiger partial charge >= 0.3 is 0 Å². The Hall–Kier alpha value is -1.99. The molecule has 1 aromatic heterocycles. The molecule has 0 aliphatic carbocycles. The number of likely N-dealkylation sites (tertiary alicyclic amines) is 1. The first-order valence-electron chi connectivity index (χ1n) is 7.71. The molecule has 2 saturated heterocycles. The summed E-state index contributed by atoms with van der Waals surface area (Å²) in [6, 6.07) is 7.22. The fourth-order valence-corrected chi connectivity index (χ4v) is 3.43. The lowest BCUT2D eigenvalue weighted by Gasteiger charge is -2.16. The maximum atomic E-state index is 12.4. The highest BCUT2D eigenvalue weighted by molar-refractivity contribution is 6.30. The number of tetrazole rings is 1. The van der Waals surface area contributed by atoms with Crippen LogP contribution in [0.1, 0.15) is 0 Å². The van der Waals surface area contributed by atoms with E-state index in [1.54, 1.807) is 12.1 Å². The number of benzene rings is 1. The fraction of sp³-hybridized carbons (Fsp3) is 0.467. The summed E-state index contributed by atoms with van der Waals surface area (Å²) in [5.41, 5.74) is 0.829. The van der Waals surface area contributed by atoms with Gasteiger partial charge in [0.25, 0.3) is 0 Å². The van der Waals surface area contributed by atoms with E-state index in [0.29, 0.717) is 22.7 Å². The third kappa shape index (κ3) is 2.94. The minimum Gasteiger partial charge on any atom is -0.340 e. The van der Waals surface area contributed by atoms with Crippen molar-refractivity contribution in [2.45, 2.75) is 6.54 Å². The Labute approximate surface area is 138 Å². The smallest absolute Gasteiger partial charge is 0.246 e. The van der Waals surface area contributed by atoms with Crippen LogP contribution in [0.5, 0.6) is 0 Å². The molecule has 2 aromatic rings. The summed E-state index contributed by atoms with van der Waals surface area (Å²) in [6.45, 7) is 3.81. The predicted molar refractivity (Wildman–Crippen MR) is 84.7 cm³/mol. The molecule has 0 spiro atoms. The zero-order valence-corrected chi connectivity index (χ0v) is 13.3. The van der Waals surface area contributed by atoms with Crippen molar-refractivity contribution in [3.63, 3.8) is 0 Å². The Bertz CT molecular complexity index is 703. The van der Waals surface area contributed by atoms with Crippen LogP contribution in [0, 0.1) is 11.8 Å². The second kappa shape index (κ2) is 5.90. The number of fused-ring (bicyclic) bond motifs is 1. The maximum Gasteiger partial charge on any atom is 0.246 e. The summed E-state index contributed by atoms with van der Waals surface area (Å²) in [4.78, 5) is 15.7. The lowest BCUT2D eigenvalue weighted by Crippen LogP contribution is -2.34. The molecular formula is C15H17ClN6O. The highest BCUT2D eigenvalue weighted by Crippen LogP contribution is 2.26. The first-order valence-corrected chi connectivity index (χ1v) is 8.09. The van der Waals surface area contributed by atoms with Crippen LogP contribution in [0.25, 0.3) is 11.4 Å². The van der Waals surface area contributed by atoms with E-state index in [4.69, 9.17) is 11.6 Å². The van der Waals surface area contributed by atoms with Gasteiger partial charge in [-0.25, -0.2) is 0 Å². The molecule has 8 heteroatoms. The van der Waals surface area contributed by atoms with Gasteiger partial charge in [0.05, 0.1) is 0 Å². The number of hydrogen-bond acceptors (Lipinski definition) is 5. The van der Waals surface area contributed by atoms with Crippen molar-refractivity contribution >= 4 is 17.5 Å². The molecule has 23 heavy (non-hydrogen) atoms. The Morgan fingerprint density at radius 3 is 2.61 bits per heavy atom. The SMILES string of the molecule is O=C(Cn1nnc(-c2ccc(Cl)cc2)n1)N1C[C@H]2CNC[C@H]2C1. The molecule has 2 fully saturated rings. The van der Waals surface area contributed by atoms with E-state index >= 15 is 0 Å². The van der Waals surface area contributed by atoms with Gasteiger partial charge in [-0.3, -0.25) is 4.79 Å². The number of rotatable bonds is 3. The van der Waals surface area contributed by atoms with Gasteiger partial charge in [-0.2, -0.15) is 4.80 Å². The number of hydrogen-bond donors (Lipinski definition) is 1. The van der Waals surface area contributed by atoms with E-state index in [9.17, 15) is 4.79 Å². The van der Waals surface area contributed by atoms with E-state index < -0.39 is 0 Å². The van der Waals surface area contributed by atoms with Crippen LogP contribution in [-0.2, 0) is 11.3 Å². The number of amides is 1. The van der Waals surface area contributed by atoms with Gasteiger partial charge in [0.15, 0.2) is 0 Å². The van der Waals surface area contributed by atoms with Crippen molar-refractivity contribution in [3.05, 3.63) is 29.3 Å². The summed E-state index contributed by atoms with van der Waals surface area (Å²) in [5, 5.41) is 16.3. The van der Waals surface area contributed by atoms with Crippen LogP contribution in [0.3, 0.4) is 0 Å². The molecule has 120 valence electrons. The van der Waals surface area contributed by atoms with E-state index in [2.05, 4.69) is 20.7 Å². The van der Waals surface area contributed by atoms with Crippen LogP contribution < -0.4 is 5.32 Å². The van der Waals surface area contributed by atoms with E-state index in [0.717, 1.165) is 31.7 Å². The molecule has 0 saturated carbocycles. The first kappa shape index (κ1) is 14.6. The van der Waals surface area contributed by atoms with Crippen molar-refractivity contribution in [2.24, 2.45) is 11.8 Å². The Kier molecular flexibility index (Phi) is 3.74.